The predicted molar refractivity (Wildman–Crippen MR) is 54.5 cm³/mol. The van der Waals surface area contributed by atoms with Gasteiger partial charge in [0.25, 0.3) is 0 Å². The summed E-state index contributed by atoms with van der Waals surface area (Å²) in [7, 11) is -3.20. The molecule has 2 atom stereocenters. The van der Waals surface area contributed by atoms with Gasteiger partial charge in [0.05, 0.1) is 4.90 Å². The van der Waals surface area contributed by atoms with E-state index in [-0.39, 0.29) is 6.04 Å². The molecular formula is C10H13NO2S. The fraction of sp³-hybridized carbons (Fsp3) is 0.400. The normalized spacial score (nSPS) is 26.1. The molecule has 1 aromatic carbocycles. The van der Waals surface area contributed by atoms with Crippen molar-refractivity contribution in [2.24, 2.45) is 0 Å². The van der Waals surface area contributed by atoms with Gasteiger partial charge in [-0.1, -0.05) is 17.7 Å². The Morgan fingerprint density at radius 2 is 1.79 bits per heavy atom. The smallest absolute Gasteiger partial charge is 0.207 e. The van der Waals surface area contributed by atoms with Crippen LogP contribution in [0, 0.1) is 6.92 Å². The minimum absolute atomic E-state index is 0.168. The van der Waals surface area contributed by atoms with E-state index in [4.69, 9.17) is 0 Å². The topological polar surface area (TPSA) is 37.1 Å². The first-order chi connectivity index (χ1) is 6.51. The van der Waals surface area contributed by atoms with Crippen LogP contribution in [0.1, 0.15) is 12.5 Å². The second-order valence-electron chi connectivity index (χ2n) is 3.74. The third-order valence-electron chi connectivity index (χ3n) is 2.43. The van der Waals surface area contributed by atoms with Crippen molar-refractivity contribution in [2.75, 3.05) is 6.54 Å². The van der Waals surface area contributed by atoms with Gasteiger partial charge in [-0.05, 0) is 26.0 Å². The summed E-state index contributed by atoms with van der Waals surface area (Å²) in [6.45, 7) is 4.50. The van der Waals surface area contributed by atoms with Crippen molar-refractivity contribution >= 4 is 10.0 Å². The molecule has 1 aliphatic heterocycles. The van der Waals surface area contributed by atoms with Crippen LogP contribution in [0.15, 0.2) is 29.2 Å². The van der Waals surface area contributed by atoms with E-state index in [1.807, 2.05) is 26.0 Å². The molecule has 0 aliphatic carbocycles. The Balaban J connectivity index is 2.35. The van der Waals surface area contributed by atoms with Gasteiger partial charge in [0, 0.05) is 12.6 Å². The fourth-order valence-electron chi connectivity index (χ4n) is 1.39. The van der Waals surface area contributed by atoms with Crippen molar-refractivity contribution in [2.45, 2.75) is 24.8 Å². The highest BCUT2D eigenvalue weighted by Gasteiger charge is 2.40. The lowest BCUT2D eigenvalue weighted by Crippen LogP contribution is -2.13. The van der Waals surface area contributed by atoms with E-state index in [0.29, 0.717) is 11.4 Å². The van der Waals surface area contributed by atoms with Crippen LogP contribution in [0.3, 0.4) is 0 Å². The SMILES string of the molecule is Cc1ccc(S(=O)(=O)N2CC2C)cc1. The zero-order chi connectivity index (χ0) is 10.3. The van der Waals surface area contributed by atoms with E-state index in [1.165, 1.54) is 4.31 Å². The first-order valence-electron chi connectivity index (χ1n) is 4.60. The van der Waals surface area contributed by atoms with E-state index in [0.717, 1.165) is 5.56 Å². The number of benzene rings is 1. The largest absolute Gasteiger partial charge is 0.243 e. The van der Waals surface area contributed by atoms with Gasteiger partial charge in [0.1, 0.15) is 0 Å². The summed E-state index contributed by atoms with van der Waals surface area (Å²) >= 11 is 0. The van der Waals surface area contributed by atoms with Crippen LogP contribution in [0.2, 0.25) is 0 Å². The van der Waals surface area contributed by atoms with Crippen molar-refractivity contribution in [3.05, 3.63) is 29.8 Å². The maximum atomic E-state index is 11.8. The fourth-order valence-corrected chi connectivity index (χ4v) is 3.03. The number of nitrogens with zero attached hydrogens (tertiary/aromatic N) is 1. The van der Waals surface area contributed by atoms with Gasteiger partial charge in [0.15, 0.2) is 0 Å². The summed E-state index contributed by atoms with van der Waals surface area (Å²) in [5, 5.41) is 0. The molecule has 1 aromatic rings. The molecule has 76 valence electrons. The zero-order valence-corrected chi connectivity index (χ0v) is 9.08. The van der Waals surface area contributed by atoms with Crippen LogP contribution >= 0.6 is 0 Å². The van der Waals surface area contributed by atoms with Gasteiger partial charge in [-0.15, -0.1) is 0 Å². The summed E-state index contributed by atoms with van der Waals surface area (Å²) < 4.78 is 25.2. The average Bonchev–Trinajstić information content (AvgIpc) is 2.84. The zero-order valence-electron chi connectivity index (χ0n) is 8.27. The third kappa shape index (κ3) is 1.55. The summed E-state index contributed by atoms with van der Waals surface area (Å²) in [6.07, 6.45) is 0. The molecule has 0 bridgehead atoms. The lowest BCUT2D eigenvalue weighted by atomic mass is 10.2. The molecular weight excluding hydrogens is 198 g/mol. The second-order valence-corrected chi connectivity index (χ2v) is 5.63. The molecule has 14 heavy (non-hydrogen) atoms. The molecule has 3 nitrogen and oxygen atoms in total. The van der Waals surface area contributed by atoms with E-state index in [2.05, 4.69) is 0 Å². The number of hydrogen-bond donors (Lipinski definition) is 0. The van der Waals surface area contributed by atoms with E-state index in [1.54, 1.807) is 12.1 Å². The quantitative estimate of drug-likeness (QED) is 0.693. The van der Waals surface area contributed by atoms with Gasteiger partial charge in [-0.25, -0.2) is 8.42 Å². The van der Waals surface area contributed by atoms with Crippen molar-refractivity contribution in [3.63, 3.8) is 0 Å². The maximum absolute atomic E-state index is 11.8. The third-order valence-corrected chi connectivity index (χ3v) is 4.42. The summed E-state index contributed by atoms with van der Waals surface area (Å²) in [4.78, 5) is 0.396. The van der Waals surface area contributed by atoms with E-state index in [9.17, 15) is 8.42 Å². The summed E-state index contributed by atoms with van der Waals surface area (Å²) in [5.74, 6) is 0. The van der Waals surface area contributed by atoms with E-state index >= 15 is 0 Å². The molecule has 0 saturated carbocycles. The predicted octanol–water partition coefficient (Wildman–Crippen LogP) is 1.39. The minimum atomic E-state index is -3.20. The van der Waals surface area contributed by atoms with Gasteiger partial charge >= 0.3 is 0 Å². The van der Waals surface area contributed by atoms with Crippen molar-refractivity contribution in [3.8, 4) is 0 Å². The Bertz CT molecular complexity index is 436. The molecule has 2 rings (SSSR count). The van der Waals surface area contributed by atoms with Crippen LogP contribution in [-0.4, -0.2) is 25.3 Å². The molecule has 0 radical (unpaired) electrons. The summed E-state index contributed by atoms with van der Waals surface area (Å²) in [6, 6.07) is 7.13. The lowest BCUT2D eigenvalue weighted by molar-refractivity contribution is 0.555. The molecule has 0 spiro atoms. The number of sulfonamides is 1. The first-order valence-corrected chi connectivity index (χ1v) is 6.04. The molecule has 1 aliphatic rings. The molecule has 1 fully saturated rings. The van der Waals surface area contributed by atoms with Crippen LogP contribution in [0.25, 0.3) is 0 Å². The minimum Gasteiger partial charge on any atom is -0.207 e. The Labute approximate surface area is 84.4 Å². The van der Waals surface area contributed by atoms with Crippen molar-refractivity contribution in [1.82, 2.24) is 4.31 Å². The number of rotatable bonds is 2. The molecule has 0 amide bonds. The molecule has 2 unspecified atom stereocenters. The maximum Gasteiger partial charge on any atom is 0.243 e. The highest BCUT2D eigenvalue weighted by Crippen LogP contribution is 2.27. The van der Waals surface area contributed by atoms with Gasteiger partial charge in [-0.2, -0.15) is 4.31 Å². The highest BCUT2D eigenvalue weighted by molar-refractivity contribution is 7.89. The lowest BCUT2D eigenvalue weighted by Gasteiger charge is -2.04. The second kappa shape index (κ2) is 3.07. The molecule has 1 saturated heterocycles. The number of hydrogen-bond acceptors (Lipinski definition) is 2. The van der Waals surface area contributed by atoms with Crippen molar-refractivity contribution < 1.29 is 8.42 Å². The average molecular weight is 211 g/mol. The van der Waals surface area contributed by atoms with Crippen LogP contribution in [0.4, 0.5) is 0 Å². The first kappa shape index (κ1) is 9.68. The Morgan fingerprint density at radius 3 is 2.21 bits per heavy atom. The van der Waals surface area contributed by atoms with Gasteiger partial charge in [0.2, 0.25) is 10.0 Å². The number of aryl methyl sites for hydroxylation is 1. The molecule has 1 heterocycles. The van der Waals surface area contributed by atoms with Crippen molar-refractivity contribution in [1.29, 1.82) is 0 Å². The Morgan fingerprint density at radius 1 is 1.29 bits per heavy atom. The molecule has 0 N–H and O–H groups in total. The standard InChI is InChI=1S/C10H13NO2S/c1-8-3-5-10(6-4-8)14(12,13)11-7-9(11)2/h3-6,9H,7H2,1-2H3. The molecule has 4 heteroatoms. The Hall–Kier alpha value is -0.870. The van der Waals surface area contributed by atoms with Gasteiger partial charge < -0.3 is 0 Å². The molecule has 0 aromatic heterocycles. The monoisotopic (exact) mass is 211 g/mol. The van der Waals surface area contributed by atoms with Crippen LogP contribution < -0.4 is 0 Å². The van der Waals surface area contributed by atoms with E-state index < -0.39 is 10.0 Å². The van der Waals surface area contributed by atoms with Gasteiger partial charge in [-0.3, -0.25) is 0 Å². The Kier molecular flexibility index (Phi) is 2.12. The van der Waals surface area contributed by atoms with Crippen LogP contribution in [-0.2, 0) is 10.0 Å². The highest BCUT2D eigenvalue weighted by atomic mass is 32.2. The summed E-state index contributed by atoms with van der Waals surface area (Å²) in [5.41, 5.74) is 1.07. The van der Waals surface area contributed by atoms with Crippen LogP contribution in [0.5, 0.6) is 0 Å².